The summed E-state index contributed by atoms with van der Waals surface area (Å²) in [6.07, 6.45) is 23.5. The Morgan fingerprint density at radius 3 is 1.58 bits per heavy atom. The predicted octanol–water partition coefficient (Wildman–Crippen LogP) is 6.41. The van der Waals surface area contributed by atoms with Gasteiger partial charge < -0.3 is 9.47 Å². The Labute approximate surface area is 150 Å². The third-order valence-electron chi connectivity index (χ3n) is 6.99. The van der Waals surface area contributed by atoms with Gasteiger partial charge in [0.2, 0.25) is 0 Å². The number of hydrogen-bond acceptors (Lipinski definition) is 2. The summed E-state index contributed by atoms with van der Waals surface area (Å²) < 4.78 is 11.4. The van der Waals surface area contributed by atoms with Gasteiger partial charge in [-0.25, -0.2) is 0 Å². The van der Waals surface area contributed by atoms with Crippen LogP contribution in [0.4, 0.5) is 0 Å². The molecule has 2 saturated heterocycles. The molecule has 0 spiro atoms. The molecule has 0 aromatic carbocycles. The fourth-order valence-electron chi connectivity index (χ4n) is 5.20. The Morgan fingerprint density at radius 2 is 1.17 bits per heavy atom. The van der Waals surface area contributed by atoms with Crippen LogP contribution in [-0.4, -0.2) is 24.4 Å². The minimum Gasteiger partial charge on any atom is -0.370 e. The molecule has 4 unspecified atom stereocenters. The number of rotatable bonds is 12. The van der Waals surface area contributed by atoms with Crippen LogP contribution in [0.3, 0.4) is 0 Å². The van der Waals surface area contributed by atoms with Crippen molar-refractivity contribution in [1.82, 2.24) is 0 Å². The normalized spacial score (nSPS) is 34.2. The Hall–Kier alpha value is -0.0800. The number of hydrogen-bond donors (Lipinski definition) is 0. The van der Waals surface area contributed by atoms with E-state index >= 15 is 0 Å². The van der Waals surface area contributed by atoms with Gasteiger partial charge in [0.05, 0.1) is 24.4 Å². The maximum Gasteiger partial charge on any atom is 0.0841 e. The first kappa shape index (κ1) is 18.7. The van der Waals surface area contributed by atoms with Crippen molar-refractivity contribution in [2.45, 2.75) is 135 Å². The molecule has 3 fully saturated rings. The first-order valence-electron chi connectivity index (χ1n) is 11.1. The zero-order valence-electron chi connectivity index (χ0n) is 16.2. The third kappa shape index (κ3) is 5.46. The fraction of sp³-hybridized carbons (Fsp3) is 1.00. The monoisotopic (exact) mass is 336 g/mol. The van der Waals surface area contributed by atoms with Crippen molar-refractivity contribution in [3.05, 3.63) is 0 Å². The Morgan fingerprint density at radius 1 is 0.667 bits per heavy atom. The van der Waals surface area contributed by atoms with Crippen LogP contribution in [0.25, 0.3) is 0 Å². The van der Waals surface area contributed by atoms with E-state index in [1.807, 2.05) is 0 Å². The van der Waals surface area contributed by atoms with Crippen LogP contribution >= 0.6 is 0 Å². The molecule has 0 bridgehead atoms. The van der Waals surface area contributed by atoms with E-state index in [9.17, 15) is 0 Å². The lowest BCUT2D eigenvalue weighted by Gasteiger charge is -2.38. The lowest BCUT2D eigenvalue weighted by atomic mass is 9.68. The van der Waals surface area contributed by atoms with Gasteiger partial charge in [0.15, 0.2) is 0 Å². The Balaban J connectivity index is 1.31. The van der Waals surface area contributed by atoms with Crippen molar-refractivity contribution in [2.75, 3.05) is 0 Å². The van der Waals surface area contributed by atoms with Gasteiger partial charge in [0.25, 0.3) is 0 Å². The van der Waals surface area contributed by atoms with E-state index in [-0.39, 0.29) is 0 Å². The molecule has 0 radical (unpaired) electrons. The molecule has 3 rings (SSSR count). The average Bonchev–Trinajstić information content (AvgIpc) is 3.52. The molecule has 0 amide bonds. The summed E-state index contributed by atoms with van der Waals surface area (Å²) in [7, 11) is 0. The minimum atomic E-state index is 0.602. The standard InChI is InChI=1S/C22H40O2/c1-3-18-20(23-18)12-6-10-16-22(14-8-5-9-15-22)17-11-7-13-21-19(4-2)24-21/h18-21H,3-17H2,1-2H3. The zero-order chi connectivity index (χ0) is 16.8. The topological polar surface area (TPSA) is 25.1 Å². The summed E-state index contributed by atoms with van der Waals surface area (Å²) in [5.41, 5.74) is 0.696. The first-order valence-corrected chi connectivity index (χ1v) is 11.1. The summed E-state index contributed by atoms with van der Waals surface area (Å²) >= 11 is 0. The van der Waals surface area contributed by atoms with Crippen molar-refractivity contribution in [3.63, 3.8) is 0 Å². The molecule has 0 aromatic rings. The van der Waals surface area contributed by atoms with Crippen LogP contribution in [0.5, 0.6) is 0 Å². The van der Waals surface area contributed by atoms with E-state index in [0.717, 1.165) is 0 Å². The largest absolute Gasteiger partial charge is 0.370 e. The van der Waals surface area contributed by atoms with Crippen molar-refractivity contribution >= 4 is 0 Å². The van der Waals surface area contributed by atoms with Crippen LogP contribution in [0.1, 0.15) is 110 Å². The number of epoxide rings is 2. The SMILES string of the molecule is CCC1OC1CCCCC1(CCCCC2OC2CC)CCCCC1. The first-order chi connectivity index (χ1) is 11.8. The molecule has 2 heteroatoms. The predicted molar refractivity (Wildman–Crippen MR) is 100 cm³/mol. The second-order valence-electron chi connectivity index (χ2n) is 8.79. The van der Waals surface area contributed by atoms with Gasteiger partial charge in [-0.1, -0.05) is 58.8 Å². The van der Waals surface area contributed by atoms with Gasteiger partial charge in [-0.2, -0.15) is 0 Å². The lowest BCUT2D eigenvalue weighted by molar-refractivity contribution is 0.146. The molecule has 4 atom stereocenters. The van der Waals surface area contributed by atoms with Crippen LogP contribution in [0, 0.1) is 5.41 Å². The van der Waals surface area contributed by atoms with Gasteiger partial charge in [0.1, 0.15) is 0 Å². The summed E-state index contributed by atoms with van der Waals surface area (Å²) in [6, 6.07) is 0. The second-order valence-corrected chi connectivity index (χ2v) is 8.79. The maximum atomic E-state index is 5.70. The van der Waals surface area contributed by atoms with Crippen LogP contribution < -0.4 is 0 Å². The van der Waals surface area contributed by atoms with Crippen molar-refractivity contribution in [2.24, 2.45) is 5.41 Å². The van der Waals surface area contributed by atoms with Gasteiger partial charge in [-0.15, -0.1) is 0 Å². The molecule has 2 heterocycles. The van der Waals surface area contributed by atoms with E-state index in [2.05, 4.69) is 13.8 Å². The molecule has 0 N–H and O–H groups in total. The Kier molecular flexibility index (Phi) is 7.04. The van der Waals surface area contributed by atoms with Crippen LogP contribution in [0.15, 0.2) is 0 Å². The van der Waals surface area contributed by atoms with Gasteiger partial charge in [-0.3, -0.25) is 0 Å². The van der Waals surface area contributed by atoms with Gasteiger partial charge >= 0.3 is 0 Å². The molecule has 0 aromatic heterocycles. The lowest BCUT2D eigenvalue weighted by Crippen LogP contribution is -2.24. The van der Waals surface area contributed by atoms with Gasteiger partial charge in [0, 0.05) is 0 Å². The highest BCUT2D eigenvalue weighted by Crippen LogP contribution is 2.45. The summed E-state index contributed by atoms with van der Waals surface area (Å²) in [4.78, 5) is 0. The van der Waals surface area contributed by atoms with E-state index in [1.54, 1.807) is 0 Å². The molecular weight excluding hydrogens is 296 g/mol. The summed E-state index contributed by atoms with van der Waals surface area (Å²) in [5.74, 6) is 0. The summed E-state index contributed by atoms with van der Waals surface area (Å²) in [6.45, 7) is 4.49. The quantitative estimate of drug-likeness (QED) is 0.304. The third-order valence-corrected chi connectivity index (χ3v) is 6.99. The molecule has 3 aliphatic rings. The van der Waals surface area contributed by atoms with E-state index in [0.29, 0.717) is 29.8 Å². The van der Waals surface area contributed by atoms with Crippen molar-refractivity contribution < 1.29 is 9.47 Å². The highest BCUT2D eigenvalue weighted by Gasteiger charge is 2.37. The second kappa shape index (κ2) is 9.03. The Bertz CT molecular complexity index is 333. The molecule has 24 heavy (non-hydrogen) atoms. The molecule has 2 aliphatic heterocycles. The smallest absolute Gasteiger partial charge is 0.0841 e. The molecule has 2 nitrogen and oxygen atoms in total. The molecule has 140 valence electrons. The summed E-state index contributed by atoms with van der Waals surface area (Å²) in [5, 5.41) is 0. The van der Waals surface area contributed by atoms with Crippen molar-refractivity contribution in [1.29, 1.82) is 0 Å². The van der Waals surface area contributed by atoms with E-state index < -0.39 is 0 Å². The minimum absolute atomic E-state index is 0.602. The highest BCUT2D eigenvalue weighted by molar-refractivity contribution is 4.86. The number of unbranched alkanes of at least 4 members (excludes halogenated alkanes) is 2. The number of ether oxygens (including phenoxy) is 2. The molecule has 1 aliphatic carbocycles. The van der Waals surface area contributed by atoms with Gasteiger partial charge in [-0.05, 0) is 56.8 Å². The van der Waals surface area contributed by atoms with Crippen LogP contribution in [-0.2, 0) is 9.47 Å². The van der Waals surface area contributed by atoms with Crippen molar-refractivity contribution in [3.8, 4) is 0 Å². The van der Waals surface area contributed by atoms with E-state index in [1.165, 1.54) is 96.3 Å². The zero-order valence-corrected chi connectivity index (χ0v) is 16.2. The highest BCUT2D eigenvalue weighted by atomic mass is 16.6. The maximum absolute atomic E-state index is 5.70. The molecule has 1 saturated carbocycles. The van der Waals surface area contributed by atoms with E-state index in [4.69, 9.17) is 9.47 Å². The average molecular weight is 337 g/mol. The fourth-order valence-corrected chi connectivity index (χ4v) is 5.20. The van der Waals surface area contributed by atoms with Crippen LogP contribution in [0.2, 0.25) is 0 Å². The molecular formula is C22H40O2.